The Kier molecular flexibility index (Phi) is 2.58. The second-order valence-electron chi connectivity index (χ2n) is 3.92. The van der Waals surface area contributed by atoms with E-state index in [2.05, 4.69) is 16.8 Å². The lowest BCUT2D eigenvalue weighted by molar-refractivity contribution is 0.0696. The van der Waals surface area contributed by atoms with E-state index >= 15 is 0 Å². The molecule has 0 spiro atoms. The van der Waals surface area contributed by atoms with Crippen molar-refractivity contribution in [1.29, 1.82) is 0 Å². The van der Waals surface area contributed by atoms with Gasteiger partial charge in [-0.05, 0) is 25.8 Å². The molecule has 2 heterocycles. The Hall–Kier alpha value is -1.58. The summed E-state index contributed by atoms with van der Waals surface area (Å²) in [6.07, 6.45) is 5.44. The maximum atomic E-state index is 10.8. The van der Waals surface area contributed by atoms with Gasteiger partial charge in [-0.15, -0.1) is 0 Å². The summed E-state index contributed by atoms with van der Waals surface area (Å²) in [5.74, 6) is -0.920. The predicted molar refractivity (Wildman–Crippen MR) is 57.2 cm³/mol. The van der Waals surface area contributed by atoms with Crippen molar-refractivity contribution in [1.82, 2.24) is 4.98 Å². The zero-order chi connectivity index (χ0) is 10.8. The van der Waals surface area contributed by atoms with Crippen molar-refractivity contribution in [2.24, 2.45) is 0 Å². The van der Waals surface area contributed by atoms with Gasteiger partial charge < -0.3 is 10.0 Å². The maximum absolute atomic E-state index is 10.8. The highest BCUT2D eigenvalue weighted by Crippen LogP contribution is 2.24. The van der Waals surface area contributed by atoms with Gasteiger partial charge in [0.15, 0.2) is 0 Å². The molecule has 15 heavy (non-hydrogen) atoms. The molecule has 0 radical (unpaired) electrons. The van der Waals surface area contributed by atoms with Gasteiger partial charge in [-0.1, -0.05) is 0 Å². The van der Waals surface area contributed by atoms with E-state index in [1.807, 2.05) is 0 Å². The van der Waals surface area contributed by atoms with Crippen LogP contribution in [0.1, 0.15) is 30.1 Å². The fourth-order valence-corrected chi connectivity index (χ4v) is 2.02. The summed E-state index contributed by atoms with van der Waals surface area (Å²) in [7, 11) is 0. The van der Waals surface area contributed by atoms with Crippen LogP contribution in [0.25, 0.3) is 0 Å². The largest absolute Gasteiger partial charge is 0.478 e. The van der Waals surface area contributed by atoms with Gasteiger partial charge in [0.2, 0.25) is 0 Å². The van der Waals surface area contributed by atoms with Crippen LogP contribution in [0, 0.1) is 0 Å². The summed E-state index contributed by atoms with van der Waals surface area (Å²) in [5.41, 5.74) is 1.17. The highest BCUT2D eigenvalue weighted by molar-refractivity contribution is 5.88. The molecule has 1 aromatic rings. The number of nitrogens with zero attached hydrogens (tertiary/aromatic N) is 2. The standard InChI is InChI=1S/C11H14N2O2/c1-8-3-2-4-13(8)10-5-9(11(14)15)6-12-7-10/h5-8H,2-4H2,1H3,(H,14,15)/t8-/m0/s1. The van der Waals surface area contributed by atoms with Crippen molar-refractivity contribution in [2.75, 3.05) is 11.4 Å². The summed E-state index contributed by atoms with van der Waals surface area (Å²) in [5, 5.41) is 8.86. The Labute approximate surface area is 88.6 Å². The van der Waals surface area contributed by atoms with Crippen molar-refractivity contribution in [3.05, 3.63) is 24.0 Å². The second-order valence-corrected chi connectivity index (χ2v) is 3.92. The van der Waals surface area contributed by atoms with E-state index in [-0.39, 0.29) is 5.56 Å². The Balaban J connectivity index is 2.28. The lowest BCUT2D eigenvalue weighted by Gasteiger charge is -2.23. The number of anilines is 1. The van der Waals surface area contributed by atoms with E-state index in [9.17, 15) is 4.79 Å². The highest BCUT2D eigenvalue weighted by Gasteiger charge is 2.21. The SMILES string of the molecule is C[C@H]1CCCN1c1cncc(C(=O)O)c1. The molecule has 80 valence electrons. The normalized spacial score (nSPS) is 20.6. The smallest absolute Gasteiger partial charge is 0.337 e. The van der Waals surface area contributed by atoms with Crippen LogP contribution in [0.4, 0.5) is 5.69 Å². The van der Waals surface area contributed by atoms with Crippen LogP contribution in [0.15, 0.2) is 18.5 Å². The number of carboxylic acids is 1. The van der Waals surface area contributed by atoms with Gasteiger partial charge >= 0.3 is 5.97 Å². The van der Waals surface area contributed by atoms with Gasteiger partial charge in [0.1, 0.15) is 0 Å². The Morgan fingerprint density at radius 3 is 3.00 bits per heavy atom. The van der Waals surface area contributed by atoms with Crippen LogP contribution in [0.3, 0.4) is 0 Å². The molecule has 0 aliphatic carbocycles. The molecule has 1 fully saturated rings. The number of rotatable bonds is 2. The average molecular weight is 206 g/mol. The summed E-state index contributed by atoms with van der Waals surface area (Å²) in [6, 6.07) is 2.17. The number of pyridine rings is 1. The molecule has 1 aliphatic rings. The number of hydrogen-bond donors (Lipinski definition) is 1. The van der Waals surface area contributed by atoms with E-state index in [0.717, 1.165) is 18.7 Å². The molecule has 0 aromatic carbocycles. The zero-order valence-electron chi connectivity index (χ0n) is 8.68. The van der Waals surface area contributed by atoms with E-state index in [1.165, 1.54) is 12.6 Å². The van der Waals surface area contributed by atoms with Crippen LogP contribution in [0.5, 0.6) is 0 Å². The predicted octanol–water partition coefficient (Wildman–Crippen LogP) is 1.77. The Morgan fingerprint density at radius 2 is 2.40 bits per heavy atom. The van der Waals surface area contributed by atoms with Crippen molar-refractivity contribution in [2.45, 2.75) is 25.8 Å². The monoisotopic (exact) mass is 206 g/mol. The molecular weight excluding hydrogens is 192 g/mol. The minimum atomic E-state index is -0.920. The number of carboxylic acid groups (broad SMARTS) is 1. The fraction of sp³-hybridized carbons (Fsp3) is 0.455. The molecule has 4 heteroatoms. The van der Waals surface area contributed by atoms with Gasteiger partial charge in [0.05, 0.1) is 17.4 Å². The van der Waals surface area contributed by atoms with Crippen LogP contribution in [-0.2, 0) is 0 Å². The Bertz CT molecular complexity index is 379. The molecule has 1 N–H and O–H groups in total. The van der Waals surface area contributed by atoms with Crippen LogP contribution >= 0.6 is 0 Å². The van der Waals surface area contributed by atoms with Crippen molar-refractivity contribution in [3.8, 4) is 0 Å². The molecule has 0 bridgehead atoms. The van der Waals surface area contributed by atoms with E-state index in [1.54, 1.807) is 12.3 Å². The van der Waals surface area contributed by atoms with Gasteiger partial charge in [-0.25, -0.2) is 4.79 Å². The van der Waals surface area contributed by atoms with Crippen LogP contribution < -0.4 is 4.90 Å². The van der Waals surface area contributed by atoms with Crippen LogP contribution in [-0.4, -0.2) is 28.6 Å². The summed E-state index contributed by atoms with van der Waals surface area (Å²) in [4.78, 5) is 17.0. The van der Waals surface area contributed by atoms with E-state index in [4.69, 9.17) is 5.11 Å². The first-order chi connectivity index (χ1) is 7.18. The van der Waals surface area contributed by atoms with Gasteiger partial charge in [0.25, 0.3) is 0 Å². The molecule has 1 saturated heterocycles. The minimum absolute atomic E-state index is 0.256. The molecule has 4 nitrogen and oxygen atoms in total. The summed E-state index contributed by atoms with van der Waals surface area (Å²) in [6.45, 7) is 3.15. The van der Waals surface area contributed by atoms with Gasteiger partial charge in [0, 0.05) is 18.8 Å². The molecule has 1 atom stereocenters. The van der Waals surface area contributed by atoms with Gasteiger partial charge in [-0.2, -0.15) is 0 Å². The first kappa shape index (κ1) is 9.96. The van der Waals surface area contributed by atoms with Gasteiger partial charge in [-0.3, -0.25) is 4.98 Å². The van der Waals surface area contributed by atoms with Crippen molar-refractivity contribution in [3.63, 3.8) is 0 Å². The number of carbonyl (C=O) groups is 1. The third kappa shape index (κ3) is 1.93. The summed E-state index contributed by atoms with van der Waals surface area (Å²) < 4.78 is 0. The third-order valence-electron chi connectivity index (χ3n) is 2.86. The van der Waals surface area contributed by atoms with Crippen LogP contribution in [0.2, 0.25) is 0 Å². The highest BCUT2D eigenvalue weighted by atomic mass is 16.4. The van der Waals surface area contributed by atoms with Crippen molar-refractivity contribution < 1.29 is 9.90 Å². The number of aromatic nitrogens is 1. The second kappa shape index (κ2) is 3.88. The van der Waals surface area contributed by atoms with Crippen molar-refractivity contribution >= 4 is 11.7 Å². The number of hydrogen-bond acceptors (Lipinski definition) is 3. The lowest BCUT2D eigenvalue weighted by Crippen LogP contribution is -2.26. The first-order valence-corrected chi connectivity index (χ1v) is 5.13. The molecule has 0 unspecified atom stereocenters. The molecule has 0 amide bonds. The minimum Gasteiger partial charge on any atom is -0.478 e. The lowest BCUT2D eigenvalue weighted by atomic mass is 10.2. The number of aromatic carboxylic acids is 1. The molecular formula is C11H14N2O2. The van der Waals surface area contributed by atoms with E-state index in [0.29, 0.717) is 6.04 Å². The first-order valence-electron chi connectivity index (χ1n) is 5.13. The quantitative estimate of drug-likeness (QED) is 0.801. The Morgan fingerprint density at radius 1 is 1.60 bits per heavy atom. The average Bonchev–Trinajstić information content (AvgIpc) is 2.64. The fourth-order valence-electron chi connectivity index (χ4n) is 2.02. The molecule has 0 saturated carbocycles. The summed E-state index contributed by atoms with van der Waals surface area (Å²) >= 11 is 0. The zero-order valence-corrected chi connectivity index (χ0v) is 8.68. The molecule has 1 aliphatic heterocycles. The maximum Gasteiger partial charge on any atom is 0.337 e. The van der Waals surface area contributed by atoms with E-state index < -0.39 is 5.97 Å². The third-order valence-corrected chi connectivity index (χ3v) is 2.86. The molecule has 1 aromatic heterocycles. The molecule has 2 rings (SSSR count). The topological polar surface area (TPSA) is 53.4 Å².